The van der Waals surface area contributed by atoms with Crippen molar-refractivity contribution in [3.8, 4) is 0 Å². The minimum Gasteiger partial charge on any atom is -0.385 e. The molecular formula is C11H23NO. The van der Waals surface area contributed by atoms with E-state index in [-0.39, 0.29) is 0 Å². The third kappa shape index (κ3) is 4.63. The normalized spacial score (nSPS) is 19.4. The second kappa shape index (κ2) is 5.61. The fraction of sp³-hybridized carbons (Fsp3) is 1.00. The van der Waals surface area contributed by atoms with Crippen molar-refractivity contribution in [1.82, 2.24) is 5.32 Å². The van der Waals surface area contributed by atoms with Crippen molar-refractivity contribution in [3.05, 3.63) is 0 Å². The average Bonchev–Trinajstić information content (AvgIpc) is 2.87. The van der Waals surface area contributed by atoms with Crippen LogP contribution in [0.1, 0.15) is 33.1 Å². The van der Waals surface area contributed by atoms with Gasteiger partial charge >= 0.3 is 0 Å². The van der Waals surface area contributed by atoms with Gasteiger partial charge in [0.2, 0.25) is 0 Å². The van der Waals surface area contributed by atoms with E-state index in [2.05, 4.69) is 19.2 Å². The van der Waals surface area contributed by atoms with Gasteiger partial charge in [0.05, 0.1) is 0 Å². The van der Waals surface area contributed by atoms with E-state index >= 15 is 0 Å². The Morgan fingerprint density at radius 1 is 1.38 bits per heavy atom. The number of hydrogen-bond acceptors (Lipinski definition) is 2. The van der Waals surface area contributed by atoms with Crippen LogP contribution in [0, 0.1) is 11.8 Å². The van der Waals surface area contributed by atoms with Crippen molar-refractivity contribution in [1.29, 1.82) is 0 Å². The second-order valence-electron chi connectivity index (χ2n) is 4.47. The molecule has 1 rings (SSSR count). The Labute approximate surface area is 82.0 Å². The minimum atomic E-state index is 0.765. The molecule has 13 heavy (non-hydrogen) atoms. The zero-order valence-corrected chi connectivity index (χ0v) is 9.18. The van der Waals surface area contributed by atoms with Gasteiger partial charge in [-0.25, -0.2) is 0 Å². The van der Waals surface area contributed by atoms with Gasteiger partial charge in [-0.3, -0.25) is 0 Å². The molecular weight excluding hydrogens is 162 g/mol. The molecule has 2 heteroatoms. The molecule has 0 spiro atoms. The first-order chi connectivity index (χ1) is 6.24. The van der Waals surface area contributed by atoms with Gasteiger partial charge in [-0.05, 0) is 37.6 Å². The molecule has 1 unspecified atom stereocenters. The number of ether oxygens (including phenoxy) is 1. The van der Waals surface area contributed by atoms with Crippen molar-refractivity contribution in [2.75, 3.05) is 20.3 Å². The Morgan fingerprint density at radius 3 is 2.54 bits per heavy atom. The molecule has 1 N–H and O–H groups in total. The Hall–Kier alpha value is -0.0800. The van der Waals surface area contributed by atoms with Crippen LogP contribution in [-0.2, 0) is 4.74 Å². The Kier molecular flexibility index (Phi) is 4.74. The number of rotatable bonds is 7. The summed E-state index contributed by atoms with van der Waals surface area (Å²) in [7, 11) is 1.78. The largest absolute Gasteiger partial charge is 0.385 e. The van der Waals surface area contributed by atoms with E-state index in [1.54, 1.807) is 7.11 Å². The summed E-state index contributed by atoms with van der Waals surface area (Å²) in [5.74, 6) is 1.54. The summed E-state index contributed by atoms with van der Waals surface area (Å²) in [4.78, 5) is 0. The first kappa shape index (κ1) is 11.0. The molecule has 0 aromatic rings. The third-order valence-corrected chi connectivity index (χ3v) is 2.88. The van der Waals surface area contributed by atoms with Gasteiger partial charge in [0.25, 0.3) is 0 Å². The molecule has 0 heterocycles. The van der Waals surface area contributed by atoms with Gasteiger partial charge in [-0.15, -0.1) is 0 Å². The van der Waals surface area contributed by atoms with Crippen LogP contribution in [0.25, 0.3) is 0 Å². The van der Waals surface area contributed by atoms with Gasteiger partial charge in [0.15, 0.2) is 0 Å². The zero-order valence-electron chi connectivity index (χ0n) is 9.18. The lowest BCUT2D eigenvalue weighted by Gasteiger charge is -2.20. The Balaban J connectivity index is 2.11. The highest BCUT2D eigenvalue weighted by atomic mass is 16.5. The summed E-state index contributed by atoms with van der Waals surface area (Å²) in [5.41, 5.74) is 0. The molecule has 0 amide bonds. The molecule has 1 aliphatic rings. The molecule has 1 fully saturated rings. The van der Waals surface area contributed by atoms with Crippen molar-refractivity contribution >= 4 is 0 Å². The van der Waals surface area contributed by atoms with E-state index in [1.807, 2.05) is 0 Å². The van der Waals surface area contributed by atoms with Gasteiger partial charge in [0, 0.05) is 19.8 Å². The van der Waals surface area contributed by atoms with Crippen molar-refractivity contribution in [2.45, 2.75) is 39.2 Å². The highest BCUT2D eigenvalue weighted by Gasteiger charge is 2.22. The molecule has 0 aromatic heterocycles. The smallest absolute Gasteiger partial charge is 0.0465 e. The highest BCUT2D eigenvalue weighted by Crippen LogP contribution is 2.21. The van der Waals surface area contributed by atoms with Crippen LogP contribution in [0.3, 0.4) is 0 Å². The summed E-state index contributed by atoms with van der Waals surface area (Å²) in [6, 6.07) is 0.837. The topological polar surface area (TPSA) is 21.3 Å². The number of hydrogen-bond donors (Lipinski definition) is 1. The molecule has 78 valence electrons. The van der Waals surface area contributed by atoms with Gasteiger partial charge in [0.1, 0.15) is 0 Å². The van der Waals surface area contributed by atoms with E-state index in [9.17, 15) is 0 Å². The van der Waals surface area contributed by atoms with E-state index in [0.29, 0.717) is 0 Å². The van der Waals surface area contributed by atoms with E-state index < -0.39 is 0 Å². The monoisotopic (exact) mass is 185 g/mol. The van der Waals surface area contributed by atoms with Crippen molar-refractivity contribution in [2.24, 2.45) is 11.8 Å². The maximum Gasteiger partial charge on any atom is 0.0465 e. The summed E-state index contributed by atoms with van der Waals surface area (Å²) in [5, 5.41) is 3.59. The van der Waals surface area contributed by atoms with Crippen LogP contribution < -0.4 is 5.32 Å². The fourth-order valence-corrected chi connectivity index (χ4v) is 1.55. The molecule has 0 aliphatic heterocycles. The molecule has 1 saturated carbocycles. The quantitative estimate of drug-likeness (QED) is 0.655. The predicted octanol–water partition coefficient (Wildman–Crippen LogP) is 2.05. The van der Waals surface area contributed by atoms with E-state index in [1.165, 1.54) is 25.8 Å². The molecule has 0 saturated heterocycles. The van der Waals surface area contributed by atoms with Gasteiger partial charge in [-0.1, -0.05) is 13.8 Å². The van der Waals surface area contributed by atoms with E-state index in [4.69, 9.17) is 4.74 Å². The van der Waals surface area contributed by atoms with E-state index in [0.717, 1.165) is 24.5 Å². The van der Waals surface area contributed by atoms with Crippen LogP contribution in [-0.4, -0.2) is 26.3 Å². The lowest BCUT2D eigenvalue weighted by Crippen LogP contribution is -2.28. The minimum absolute atomic E-state index is 0.765. The first-order valence-electron chi connectivity index (χ1n) is 5.46. The standard InChI is InChI=1S/C11H23NO/c1-9(2)10(6-7-13-3)8-12-11-4-5-11/h9-12H,4-8H2,1-3H3. The summed E-state index contributed by atoms with van der Waals surface area (Å²) in [6.45, 7) is 6.67. The van der Waals surface area contributed by atoms with Crippen LogP contribution in [0.15, 0.2) is 0 Å². The average molecular weight is 185 g/mol. The highest BCUT2D eigenvalue weighted by molar-refractivity contribution is 4.82. The molecule has 2 nitrogen and oxygen atoms in total. The molecule has 1 aliphatic carbocycles. The van der Waals surface area contributed by atoms with Crippen molar-refractivity contribution in [3.63, 3.8) is 0 Å². The summed E-state index contributed by atoms with van der Waals surface area (Å²) in [6.07, 6.45) is 3.96. The Morgan fingerprint density at radius 2 is 2.08 bits per heavy atom. The number of nitrogens with one attached hydrogen (secondary N) is 1. The summed E-state index contributed by atoms with van der Waals surface area (Å²) < 4.78 is 5.12. The van der Waals surface area contributed by atoms with Crippen LogP contribution in [0.5, 0.6) is 0 Å². The SMILES string of the molecule is COCCC(CNC1CC1)C(C)C. The maximum absolute atomic E-state index is 5.12. The Bertz CT molecular complexity index is 132. The van der Waals surface area contributed by atoms with Crippen LogP contribution in [0.2, 0.25) is 0 Å². The second-order valence-corrected chi connectivity index (χ2v) is 4.47. The molecule has 1 atom stereocenters. The maximum atomic E-state index is 5.12. The third-order valence-electron chi connectivity index (χ3n) is 2.88. The van der Waals surface area contributed by atoms with Crippen molar-refractivity contribution < 1.29 is 4.74 Å². The molecule has 0 aromatic carbocycles. The van der Waals surface area contributed by atoms with Crippen LogP contribution >= 0.6 is 0 Å². The van der Waals surface area contributed by atoms with Gasteiger partial charge < -0.3 is 10.1 Å². The lowest BCUT2D eigenvalue weighted by molar-refractivity contribution is 0.164. The van der Waals surface area contributed by atoms with Crippen LogP contribution in [0.4, 0.5) is 0 Å². The number of methoxy groups -OCH3 is 1. The predicted molar refractivity (Wildman–Crippen MR) is 55.8 cm³/mol. The zero-order chi connectivity index (χ0) is 9.68. The fourth-order valence-electron chi connectivity index (χ4n) is 1.55. The molecule has 0 radical (unpaired) electrons. The lowest BCUT2D eigenvalue weighted by atomic mass is 9.93. The molecule has 0 bridgehead atoms. The summed E-state index contributed by atoms with van der Waals surface area (Å²) >= 11 is 0. The van der Waals surface area contributed by atoms with Gasteiger partial charge in [-0.2, -0.15) is 0 Å². The first-order valence-corrected chi connectivity index (χ1v) is 5.46.